The molecule has 2 unspecified atom stereocenters. The largest absolute Gasteiger partial charge is 0.490 e. The summed E-state index contributed by atoms with van der Waals surface area (Å²) in [5.41, 5.74) is 5.91. The van der Waals surface area contributed by atoms with Crippen LogP contribution in [-0.4, -0.2) is 44.0 Å². The summed E-state index contributed by atoms with van der Waals surface area (Å²) in [6.45, 7) is 7.84. The molecule has 5 nitrogen and oxygen atoms in total. The van der Waals surface area contributed by atoms with Gasteiger partial charge in [0.05, 0.1) is 19.3 Å². The van der Waals surface area contributed by atoms with E-state index >= 15 is 0 Å². The van der Waals surface area contributed by atoms with Crippen molar-refractivity contribution in [3.05, 3.63) is 23.8 Å². The fourth-order valence-corrected chi connectivity index (χ4v) is 4.36. The fourth-order valence-electron chi connectivity index (χ4n) is 4.36. The van der Waals surface area contributed by atoms with Gasteiger partial charge >= 0.3 is 0 Å². The summed E-state index contributed by atoms with van der Waals surface area (Å²) in [7, 11) is 2.19. The van der Waals surface area contributed by atoms with Crippen LogP contribution in [0.3, 0.4) is 0 Å². The molecule has 0 aromatic heterocycles. The Kier molecular flexibility index (Phi) is 8.66. The maximum atomic E-state index is 6.08. The van der Waals surface area contributed by atoms with E-state index in [0.29, 0.717) is 12.5 Å². The number of rotatable bonds is 12. The fraction of sp³-hybridized carbons (Fsp3) is 0.708. The molecule has 2 aliphatic rings. The number of unbranched alkanes of at least 4 members (excludes halogenated alkanes) is 6. The molecule has 0 amide bonds. The minimum Gasteiger partial charge on any atom is -0.490 e. The first kappa shape index (κ1) is 21.9. The summed E-state index contributed by atoms with van der Waals surface area (Å²) in [5.74, 6) is 2.16. The summed E-state index contributed by atoms with van der Waals surface area (Å²) in [4.78, 5) is 2.40. The Balaban J connectivity index is 1.53. The van der Waals surface area contributed by atoms with Gasteiger partial charge in [-0.3, -0.25) is 0 Å². The topological polar surface area (TPSA) is 46.1 Å². The summed E-state index contributed by atoms with van der Waals surface area (Å²) >= 11 is 0. The average molecular weight is 402 g/mol. The number of nitrogens with one attached hydrogen (secondary N) is 1. The molecule has 2 atom stereocenters. The van der Waals surface area contributed by atoms with E-state index in [1.165, 1.54) is 49.8 Å². The van der Waals surface area contributed by atoms with Crippen LogP contribution in [0, 0.1) is 5.92 Å². The van der Waals surface area contributed by atoms with Gasteiger partial charge in [-0.25, -0.2) is 0 Å². The molecule has 2 aliphatic heterocycles. The minimum atomic E-state index is 0.226. The second-order valence-electron chi connectivity index (χ2n) is 8.44. The quantitative estimate of drug-likeness (QED) is 0.491. The van der Waals surface area contributed by atoms with Crippen molar-refractivity contribution in [2.45, 2.75) is 71.3 Å². The second kappa shape index (κ2) is 11.4. The molecule has 162 valence electrons. The second-order valence-corrected chi connectivity index (χ2v) is 8.44. The normalized spacial score (nSPS) is 21.4. The average Bonchev–Trinajstić information content (AvgIpc) is 3.14. The molecule has 1 aromatic carbocycles. The first-order chi connectivity index (χ1) is 14.2. The van der Waals surface area contributed by atoms with Gasteiger partial charge in [-0.2, -0.15) is 5.10 Å². The first-order valence-corrected chi connectivity index (χ1v) is 11.6. The van der Waals surface area contributed by atoms with E-state index in [1.807, 2.05) is 6.92 Å². The van der Waals surface area contributed by atoms with Crippen molar-refractivity contribution in [1.82, 2.24) is 10.3 Å². The molecule has 1 aromatic rings. The number of likely N-dealkylation sites (tertiary alicyclic amines) is 1. The molecular weight excluding hydrogens is 362 g/mol. The van der Waals surface area contributed by atoms with Gasteiger partial charge in [0, 0.05) is 31.1 Å². The SMILES string of the molecule is CCCCCCCCCOc1ccc(C2NN=C3CCN(C)CC32)cc1OCC. The molecule has 0 saturated carbocycles. The summed E-state index contributed by atoms with van der Waals surface area (Å²) in [5, 5.41) is 4.61. The summed E-state index contributed by atoms with van der Waals surface area (Å²) < 4.78 is 12.0. The van der Waals surface area contributed by atoms with Crippen LogP contribution in [0.25, 0.3) is 0 Å². The van der Waals surface area contributed by atoms with Gasteiger partial charge in [-0.15, -0.1) is 0 Å². The molecule has 5 heteroatoms. The Morgan fingerprint density at radius 2 is 1.83 bits per heavy atom. The molecule has 0 radical (unpaired) electrons. The van der Waals surface area contributed by atoms with E-state index in [-0.39, 0.29) is 6.04 Å². The zero-order valence-electron chi connectivity index (χ0n) is 18.6. The molecule has 2 heterocycles. The molecule has 29 heavy (non-hydrogen) atoms. The van der Waals surface area contributed by atoms with Crippen molar-refractivity contribution in [3.8, 4) is 11.5 Å². The van der Waals surface area contributed by atoms with Crippen LogP contribution in [0.2, 0.25) is 0 Å². The van der Waals surface area contributed by atoms with Crippen molar-refractivity contribution in [2.24, 2.45) is 11.0 Å². The van der Waals surface area contributed by atoms with Crippen LogP contribution < -0.4 is 14.9 Å². The van der Waals surface area contributed by atoms with E-state index in [2.05, 4.69) is 47.6 Å². The van der Waals surface area contributed by atoms with Crippen LogP contribution in [-0.2, 0) is 0 Å². The lowest BCUT2D eigenvalue weighted by molar-refractivity contribution is 0.265. The smallest absolute Gasteiger partial charge is 0.161 e. The molecular formula is C24H39N3O2. The van der Waals surface area contributed by atoms with Gasteiger partial charge < -0.3 is 19.8 Å². The first-order valence-electron chi connectivity index (χ1n) is 11.6. The molecule has 1 fully saturated rings. The monoisotopic (exact) mass is 401 g/mol. The third-order valence-electron chi connectivity index (χ3n) is 6.07. The third kappa shape index (κ3) is 6.11. The Morgan fingerprint density at radius 3 is 2.62 bits per heavy atom. The van der Waals surface area contributed by atoms with E-state index in [0.717, 1.165) is 44.0 Å². The summed E-state index contributed by atoms with van der Waals surface area (Å²) in [6, 6.07) is 6.62. The van der Waals surface area contributed by atoms with E-state index in [4.69, 9.17) is 9.47 Å². The van der Waals surface area contributed by atoms with Gasteiger partial charge in [0.15, 0.2) is 11.5 Å². The highest BCUT2D eigenvalue weighted by molar-refractivity contribution is 5.89. The third-order valence-corrected chi connectivity index (χ3v) is 6.07. The molecule has 1 N–H and O–H groups in total. The maximum absolute atomic E-state index is 6.08. The van der Waals surface area contributed by atoms with Gasteiger partial charge in [0.1, 0.15) is 0 Å². The number of hydrazone groups is 1. The lowest BCUT2D eigenvalue weighted by Crippen LogP contribution is -2.39. The number of fused-ring (bicyclic) bond motifs is 1. The van der Waals surface area contributed by atoms with Crippen LogP contribution in [0.4, 0.5) is 0 Å². The molecule has 0 aliphatic carbocycles. The van der Waals surface area contributed by atoms with Crippen LogP contribution in [0.5, 0.6) is 11.5 Å². The van der Waals surface area contributed by atoms with Crippen LogP contribution >= 0.6 is 0 Å². The highest BCUT2D eigenvalue weighted by atomic mass is 16.5. The Bertz CT molecular complexity index is 662. The predicted octanol–water partition coefficient (Wildman–Crippen LogP) is 5.17. The molecule has 0 bridgehead atoms. The Hall–Kier alpha value is -1.75. The number of ether oxygens (including phenoxy) is 2. The molecule has 0 spiro atoms. The van der Waals surface area contributed by atoms with Gasteiger partial charge in [0.2, 0.25) is 0 Å². The number of benzene rings is 1. The summed E-state index contributed by atoms with van der Waals surface area (Å²) in [6.07, 6.45) is 10.1. The van der Waals surface area contributed by atoms with Gasteiger partial charge in [-0.1, -0.05) is 51.5 Å². The minimum absolute atomic E-state index is 0.226. The number of hydrogen-bond acceptors (Lipinski definition) is 5. The van der Waals surface area contributed by atoms with E-state index in [1.54, 1.807) is 0 Å². The number of hydrogen-bond donors (Lipinski definition) is 1. The van der Waals surface area contributed by atoms with Crippen molar-refractivity contribution in [1.29, 1.82) is 0 Å². The van der Waals surface area contributed by atoms with E-state index in [9.17, 15) is 0 Å². The Labute approximate surface area is 176 Å². The van der Waals surface area contributed by atoms with Gasteiger partial charge in [-0.05, 0) is 38.1 Å². The number of nitrogens with zero attached hydrogens (tertiary/aromatic N) is 2. The zero-order valence-corrected chi connectivity index (χ0v) is 18.6. The number of piperidine rings is 1. The van der Waals surface area contributed by atoms with Gasteiger partial charge in [0.25, 0.3) is 0 Å². The lowest BCUT2D eigenvalue weighted by Gasteiger charge is -2.31. The highest BCUT2D eigenvalue weighted by Gasteiger charge is 2.36. The van der Waals surface area contributed by atoms with Crippen molar-refractivity contribution in [2.75, 3.05) is 33.4 Å². The van der Waals surface area contributed by atoms with Crippen LogP contribution in [0.15, 0.2) is 23.3 Å². The van der Waals surface area contributed by atoms with E-state index < -0.39 is 0 Å². The zero-order chi connectivity index (χ0) is 20.5. The van der Waals surface area contributed by atoms with Crippen LogP contribution in [0.1, 0.15) is 76.8 Å². The Morgan fingerprint density at radius 1 is 1.03 bits per heavy atom. The lowest BCUT2D eigenvalue weighted by atomic mass is 9.86. The highest BCUT2D eigenvalue weighted by Crippen LogP contribution is 2.37. The molecule has 3 rings (SSSR count). The van der Waals surface area contributed by atoms with Crippen molar-refractivity contribution in [3.63, 3.8) is 0 Å². The maximum Gasteiger partial charge on any atom is 0.161 e. The standard InChI is InChI=1S/C24H39N3O2/c1-4-6-7-8-9-10-11-16-29-22-13-12-19(17-23(22)28-5-2)24-20-18-27(3)15-14-21(20)25-26-24/h12-13,17,20,24,26H,4-11,14-16,18H2,1-3H3. The van der Waals surface area contributed by atoms with Crippen molar-refractivity contribution < 1.29 is 9.47 Å². The van der Waals surface area contributed by atoms with Crippen molar-refractivity contribution >= 4 is 5.71 Å². The predicted molar refractivity (Wildman–Crippen MR) is 120 cm³/mol. The molecule has 1 saturated heterocycles.